The summed E-state index contributed by atoms with van der Waals surface area (Å²) in [5, 5.41) is 22.9. The molecule has 0 N–H and O–H groups in total. The lowest BCUT2D eigenvalue weighted by Crippen LogP contribution is -2.47. The third kappa shape index (κ3) is 4.72. The number of unbranched alkanes of at least 4 members (excludes halogenated alkanes) is 1. The summed E-state index contributed by atoms with van der Waals surface area (Å²) >= 11 is 0. The molecule has 0 saturated carbocycles. The van der Waals surface area contributed by atoms with Crippen molar-refractivity contribution in [2.75, 3.05) is 26.2 Å². The summed E-state index contributed by atoms with van der Waals surface area (Å²) in [4.78, 5) is 4.88. The fourth-order valence-electron chi connectivity index (χ4n) is 4.60. The van der Waals surface area contributed by atoms with Gasteiger partial charge < -0.3 is 4.42 Å². The largest absolute Gasteiger partial charge is 0.459 e. The Balaban J connectivity index is 1.36. The highest BCUT2D eigenvalue weighted by molar-refractivity contribution is 5.77. The quantitative estimate of drug-likeness (QED) is 0.397. The van der Waals surface area contributed by atoms with E-state index in [9.17, 15) is 0 Å². The SMILES string of the molecule is CCCCn1nnnc1C(c1cc2ccccc2o1)N1CCN(Cc2ccc(C#N)cc2)CC1. The van der Waals surface area contributed by atoms with E-state index >= 15 is 0 Å². The lowest BCUT2D eigenvalue weighted by Gasteiger charge is -2.38. The minimum atomic E-state index is -0.128. The number of nitrogens with zero attached hydrogens (tertiary/aromatic N) is 7. The summed E-state index contributed by atoms with van der Waals surface area (Å²) in [6.45, 7) is 7.50. The normalized spacial score (nSPS) is 16.0. The zero-order valence-corrected chi connectivity index (χ0v) is 19.5. The number of hydrogen-bond donors (Lipinski definition) is 0. The summed E-state index contributed by atoms with van der Waals surface area (Å²) in [6, 6.07) is 20.2. The van der Waals surface area contributed by atoms with Gasteiger partial charge in [-0.25, -0.2) is 4.68 Å². The van der Waals surface area contributed by atoms with Crippen molar-refractivity contribution in [1.29, 1.82) is 5.26 Å². The first-order valence-electron chi connectivity index (χ1n) is 11.9. The van der Waals surface area contributed by atoms with Gasteiger partial charge in [0.15, 0.2) is 5.82 Å². The molecular weight excluding hydrogens is 426 g/mol. The first-order chi connectivity index (χ1) is 16.7. The Labute approximate surface area is 199 Å². The van der Waals surface area contributed by atoms with E-state index in [1.165, 1.54) is 5.56 Å². The molecule has 5 rings (SSSR count). The molecule has 4 aromatic rings. The van der Waals surface area contributed by atoms with E-state index < -0.39 is 0 Å². The number of para-hydroxylation sites is 1. The van der Waals surface area contributed by atoms with Crippen LogP contribution in [0.25, 0.3) is 11.0 Å². The Morgan fingerprint density at radius 1 is 1.06 bits per heavy atom. The third-order valence-corrected chi connectivity index (χ3v) is 6.50. The second-order valence-corrected chi connectivity index (χ2v) is 8.82. The van der Waals surface area contributed by atoms with Crippen molar-refractivity contribution in [1.82, 2.24) is 30.0 Å². The van der Waals surface area contributed by atoms with Crippen LogP contribution >= 0.6 is 0 Å². The van der Waals surface area contributed by atoms with E-state index in [1.807, 2.05) is 47.1 Å². The van der Waals surface area contributed by atoms with Crippen LogP contribution in [0, 0.1) is 11.3 Å². The highest BCUT2D eigenvalue weighted by Crippen LogP contribution is 2.32. The van der Waals surface area contributed by atoms with Gasteiger partial charge in [0, 0.05) is 44.7 Å². The van der Waals surface area contributed by atoms with Crippen LogP contribution in [0.1, 0.15) is 48.5 Å². The summed E-state index contributed by atoms with van der Waals surface area (Å²) in [7, 11) is 0. The van der Waals surface area contributed by atoms with Crippen molar-refractivity contribution in [3.63, 3.8) is 0 Å². The number of rotatable bonds is 8. The Morgan fingerprint density at radius 3 is 2.59 bits per heavy atom. The van der Waals surface area contributed by atoms with E-state index in [2.05, 4.69) is 50.5 Å². The molecule has 1 aliphatic heterocycles. The van der Waals surface area contributed by atoms with Crippen LogP contribution in [-0.2, 0) is 13.1 Å². The number of piperazine rings is 1. The van der Waals surface area contributed by atoms with Gasteiger partial charge >= 0.3 is 0 Å². The van der Waals surface area contributed by atoms with Crippen LogP contribution in [-0.4, -0.2) is 56.2 Å². The number of benzene rings is 2. The maximum Gasteiger partial charge on any atom is 0.176 e. The predicted molar refractivity (Wildman–Crippen MR) is 129 cm³/mol. The maximum atomic E-state index is 9.03. The van der Waals surface area contributed by atoms with Gasteiger partial charge in [0.05, 0.1) is 11.6 Å². The molecule has 1 aliphatic rings. The molecule has 0 aliphatic carbocycles. The van der Waals surface area contributed by atoms with Gasteiger partial charge in [0.2, 0.25) is 0 Å². The highest BCUT2D eigenvalue weighted by atomic mass is 16.3. The first-order valence-corrected chi connectivity index (χ1v) is 11.9. The smallest absolute Gasteiger partial charge is 0.176 e. The van der Waals surface area contributed by atoms with Crippen LogP contribution in [0.4, 0.5) is 0 Å². The Hall–Kier alpha value is -3.54. The van der Waals surface area contributed by atoms with E-state index in [4.69, 9.17) is 9.68 Å². The van der Waals surface area contributed by atoms with Gasteiger partial charge in [-0.3, -0.25) is 9.80 Å². The number of tetrazole rings is 1. The Kier molecular flexibility index (Phi) is 6.65. The standard InChI is InChI=1S/C26H29N7O/c1-2-3-12-33-26(28-29-30-33)25(24-17-22-6-4-5-7-23(22)34-24)32-15-13-31(14-16-32)19-21-10-8-20(18-27)9-11-21/h4-11,17,25H,2-3,12-16,19H2,1H3. The molecule has 8 nitrogen and oxygen atoms in total. The third-order valence-electron chi connectivity index (χ3n) is 6.50. The molecule has 1 unspecified atom stereocenters. The summed E-state index contributed by atoms with van der Waals surface area (Å²) < 4.78 is 8.26. The lowest BCUT2D eigenvalue weighted by atomic mass is 10.1. The van der Waals surface area contributed by atoms with Gasteiger partial charge in [0.1, 0.15) is 17.4 Å². The molecule has 0 radical (unpaired) electrons. The molecule has 174 valence electrons. The minimum Gasteiger partial charge on any atom is -0.459 e. The number of aromatic nitrogens is 4. The Bertz CT molecular complexity index is 1230. The van der Waals surface area contributed by atoms with Crippen molar-refractivity contribution in [3.8, 4) is 6.07 Å². The number of nitriles is 1. The molecule has 34 heavy (non-hydrogen) atoms. The molecule has 3 heterocycles. The van der Waals surface area contributed by atoms with Gasteiger partial charge in [-0.2, -0.15) is 5.26 Å². The minimum absolute atomic E-state index is 0.128. The summed E-state index contributed by atoms with van der Waals surface area (Å²) in [6.07, 6.45) is 2.12. The molecule has 2 aromatic carbocycles. The van der Waals surface area contributed by atoms with Crippen molar-refractivity contribution in [2.45, 2.75) is 38.9 Å². The second-order valence-electron chi connectivity index (χ2n) is 8.82. The molecule has 1 fully saturated rings. The Morgan fingerprint density at radius 2 is 1.85 bits per heavy atom. The van der Waals surface area contributed by atoms with Crippen LogP contribution in [0.2, 0.25) is 0 Å². The maximum absolute atomic E-state index is 9.03. The molecule has 1 atom stereocenters. The van der Waals surface area contributed by atoms with Crippen LogP contribution in [0.3, 0.4) is 0 Å². The molecule has 0 bridgehead atoms. The molecule has 1 saturated heterocycles. The molecule has 0 amide bonds. The lowest BCUT2D eigenvalue weighted by molar-refractivity contribution is 0.0926. The fraction of sp³-hybridized carbons (Fsp3) is 0.385. The van der Waals surface area contributed by atoms with E-state index in [1.54, 1.807) is 0 Å². The van der Waals surface area contributed by atoms with E-state index in [0.717, 1.165) is 74.7 Å². The van der Waals surface area contributed by atoms with Crippen molar-refractivity contribution in [2.24, 2.45) is 0 Å². The molecule has 8 heteroatoms. The fourth-order valence-corrected chi connectivity index (χ4v) is 4.60. The van der Waals surface area contributed by atoms with Crippen LogP contribution in [0.15, 0.2) is 59.0 Å². The predicted octanol–water partition coefficient (Wildman–Crippen LogP) is 4.00. The average molecular weight is 456 g/mol. The number of hydrogen-bond acceptors (Lipinski definition) is 7. The van der Waals surface area contributed by atoms with Gasteiger partial charge in [-0.05, 0) is 46.7 Å². The van der Waals surface area contributed by atoms with Gasteiger partial charge in [-0.1, -0.05) is 43.7 Å². The number of aryl methyl sites for hydroxylation is 1. The van der Waals surface area contributed by atoms with Gasteiger partial charge in [0.25, 0.3) is 0 Å². The average Bonchev–Trinajstić information content (AvgIpc) is 3.51. The van der Waals surface area contributed by atoms with Gasteiger partial charge in [-0.15, -0.1) is 5.10 Å². The second kappa shape index (κ2) is 10.2. The van der Waals surface area contributed by atoms with E-state index in [0.29, 0.717) is 5.56 Å². The van der Waals surface area contributed by atoms with Crippen molar-refractivity contribution in [3.05, 3.63) is 77.3 Å². The van der Waals surface area contributed by atoms with Crippen molar-refractivity contribution >= 4 is 11.0 Å². The zero-order chi connectivity index (χ0) is 23.3. The highest BCUT2D eigenvalue weighted by Gasteiger charge is 2.33. The van der Waals surface area contributed by atoms with Crippen LogP contribution in [0.5, 0.6) is 0 Å². The topological polar surface area (TPSA) is 87.0 Å². The summed E-state index contributed by atoms with van der Waals surface area (Å²) in [5.41, 5.74) is 2.81. The van der Waals surface area contributed by atoms with Crippen molar-refractivity contribution < 1.29 is 4.42 Å². The summed E-state index contributed by atoms with van der Waals surface area (Å²) in [5.74, 6) is 1.72. The van der Waals surface area contributed by atoms with E-state index in [-0.39, 0.29) is 6.04 Å². The van der Waals surface area contributed by atoms with Crippen LogP contribution < -0.4 is 0 Å². The number of fused-ring (bicyclic) bond motifs is 1. The molecule has 2 aromatic heterocycles. The molecule has 0 spiro atoms. The monoisotopic (exact) mass is 455 g/mol. The number of furan rings is 1. The zero-order valence-electron chi connectivity index (χ0n) is 19.5. The molecular formula is C26H29N7O. The first kappa shape index (κ1) is 22.3.